The van der Waals surface area contributed by atoms with Crippen molar-refractivity contribution in [3.8, 4) is 11.5 Å². The molecule has 2 N–H and O–H groups in total. The van der Waals surface area contributed by atoms with E-state index >= 15 is 0 Å². The highest BCUT2D eigenvalue weighted by Crippen LogP contribution is 2.46. The van der Waals surface area contributed by atoms with E-state index in [9.17, 15) is 9.59 Å². The number of pyridine rings is 1. The van der Waals surface area contributed by atoms with Crippen LogP contribution in [0, 0.1) is 5.92 Å². The summed E-state index contributed by atoms with van der Waals surface area (Å²) in [5.74, 6) is 1.29. The number of nitrogens with one attached hydrogen (secondary N) is 2. The number of hydrogen-bond acceptors (Lipinski definition) is 7. The predicted molar refractivity (Wildman–Crippen MR) is 127 cm³/mol. The van der Waals surface area contributed by atoms with Gasteiger partial charge in [0.2, 0.25) is 5.91 Å². The van der Waals surface area contributed by atoms with Gasteiger partial charge in [-0.15, -0.1) is 6.58 Å². The van der Waals surface area contributed by atoms with Gasteiger partial charge in [0, 0.05) is 48.0 Å². The molecule has 3 aliphatic rings. The SMILES string of the molecule is C=C[C@@H]1C[C@]1(NC(=O)[C@H]1C[C@@H](Oc2cc(C3CC3)nc3cc(OC)ccc23)CN1)C(=O)OCC. The van der Waals surface area contributed by atoms with Crippen LogP contribution in [0.1, 0.15) is 44.2 Å². The topological polar surface area (TPSA) is 98.8 Å². The van der Waals surface area contributed by atoms with E-state index in [0.29, 0.717) is 25.3 Å². The van der Waals surface area contributed by atoms with E-state index in [2.05, 4.69) is 17.2 Å². The van der Waals surface area contributed by atoms with Crippen molar-refractivity contribution in [2.75, 3.05) is 20.3 Å². The molecular formula is C26H31N3O5. The molecule has 3 fully saturated rings. The highest BCUT2D eigenvalue weighted by atomic mass is 16.5. The van der Waals surface area contributed by atoms with Crippen LogP contribution in [0.4, 0.5) is 0 Å². The van der Waals surface area contributed by atoms with Crippen LogP contribution in [0.25, 0.3) is 10.9 Å². The second-order valence-corrected chi connectivity index (χ2v) is 9.37. The van der Waals surface area contributed by atoms with Gasteiger partial charge in [0.15, 0.2) is 0 Å². The molecule has 2 heterocycles. The first-order valence-corrected chi connectivity index (χ1v) is 12.0. The fourth-order valence-corrected chi connectivity index (χ4v) is 4.75. The molecule has 2 saturated carbocycles. The van der Waals surface area contributed by atoms with Gasteiger partial charge in [-0.1, -0.05) is 6.08 Å². The second kappa shape index (κ2) is 8.91. The third kappa shape index (κ3) is 4.22. The summed E-state index contributed by atoms with van der Waals surface area (Å²) in [6.45, 7) is 6.34. The fourth-order valence-electron chi connectivity index (χ4n) is 4.75. The van der Waals surface area contributed by atoms with Crippen molar-refractivity contribution in [3.05, 3.63) is 42.6 Å². The largest absolute Gasteiger partial charge is 0.497 e. The van der Waals surface area contributed by atoms with Crippen molar-refractivity contribution in [2.24, 2.45) is 5.92 Å². The average Bonchev–Trinajstić information content (AvgIpc) is 3.76. The Kier molecular flexibility index (Phi) is 5.93. The van der Waals surface area contributed by atoms with Crippen LogP contribution in [0.5, 0.6) is 11.5 Å². The van der Waals surface area contributed by atoms with Crippen LogP contribution in [0.3, 0.4) is 0 Å². The summed E-state index contributed by atoms with van der Waals surface area (Å²) in [4.78, 5) is 30.3. The maximum absolute atomic E-state index is 13.0. The van der Waals surface area contributed by atoms with Crippen LogP contribution in [0.15, 0.2) is 36.9 Å². The smallest absolute Gasteiger partial charge is 0.332 e. The van der Waals surface area contributed by atoms with Gasteiger partial charge in [0.05, 0.1) is 25.3 Å². The summed E-state index contributed by atoms with van der Waals surface area (Å²) in [5, 5.41) is 7.10. The van der Waals surface area contributed by atoms with Crippen LogP contribution in [-0.4, -0.2) is 54.8 Å². The lowest BCUT2D eigenvalue weighted by Gasteiger charge is -2.20. The van der Waals surface area contributed by atoms with E-state index in [1.54, 1.807) is 20.1 Å². The molecule has 1 aromatic carbocycles. The van der Waals surface area contributed by atoms with E-state index in [1.807, 2.05) is 24.3 Å². The lowest BCUT2D eigenvalue weighted by Crippen LogP contribution is -2.51. The summed E-state index contributed by atoms with van der Waals surface area (Å²) in [6.07, 6.45) is 4.83. The third-order valence-electron chi connectivity index (χ3n) is 6.98. The van der Waals surface area contributed by atoms with E-state index in [0.717, 1.165) is 40.9 Å². The Labute approximate surface area is 199 Å². The van der Waals surface area contributed by atoms with Crippen LogP contribution >= 0.6 is 0 Å². The van der Waals surface area contributed by atoms with Crippen LogP contribution < -0.4 is 20.1 Å². The maximum atomic E-state index is 13.0. The zero-order valence-corrected chi connectivity index (χ0v) is 19.6. The van der Waals surface area contributed by atoms with Gasteiger partial charge in [0.1, 0.15) is 23.1 Å². The summed E-state index contributed by atoms with van der Waals surface area (Å²) in [6, 6.07) is 7.38. The van der Waals surface area contributed by atoms with E-state index in [-0.39, 0.29) is 24.5 Å². The number of hydrogen-bond donors (Lipinski definition) is 2. The van der Waals surface area contributed by atoms with Crippen molar-refractivity contribution in [1.82, 2.24) is 15.6 Å². The predicted octanol–water partition coefficient (Wildman–Crippen LogP) is 2.85. The van der Waals surface area contributed by atoms with Crippen molar-refractivity contribution >= 4 is 22.8 Å². The monoisotopic (exact) mass is 465 g/mol. The quantitative estimate of drug-likeness (QED) is 0.434. The fraction of sp³-hybridized carbons (Fsp3) is 0.500. The van der Waals surface area contributed by atoms with Crippen molar-refractivity contribution in [2.45, 2.75) is 56.2 Å². The summed E-state index contributed by atoms with van der Waals surface area (Å²) in [5.41, 5.74) is 0.894. The average molecular weight is 466 g/mol. The summed E-state index contributed by atoms with van der Waals surface area (Å²) < 4.78 is 17.0. The Bertz CT molecular complexity index is 1130. The lowest BCUT2D eigenvalue weighted by molar-refractivity contribution is -0.149. The maximum Gasteiger partial charge on any atom is 0.332 e. The molecule has 1 saturated heterocycles. The van der Waals surface area contributed by atoms with E-state index in [1.165, 1.54) is 0 Å². The molecular weight excluding hydrogens is 434 g/mol. The molecule has 0 radical (unpaired) electrons. The molecule has 2 aliphatic carbocycles. The van der Waals surface area contributed by atoms with Crippen molar-refractivity contribution in [3.63, 3.8) is 0 Å². The molecule has 5 rings (SSSR count). The molecule has 1 aromatic heterocycles. The Hall–Kier alpha value is -3.13. The number of aromatic nitrogens is 1. The number of nitrogens with zero attached hydrogens (tertiary/aromatic N) is 1. The highest BCUT2D eigenvalue weighted by molar-refractivity contribution is 5.93. The standard InChI is InChI=1S/C26H31N3O5/c1-4-16-13-26(16,25(31)33-5-2)29-24(30)22-11-18(14-27-22)34-23-12-20(15-6-7-15)28-21-10-17(32-3)8-9-19(21)23/h4,8-10,12,15-16,18,22,27H,1,5-7,11,13-14H2,2-3H3,(H,29,30)/t16-,18-,22-,26-/m1/s1. The van der Waals surface area contributed by atoms with E-state index in [4.69, 9.17) is 19.2 Å². The number of benzene rings is 1. The highest BCUT2D eigenvalue weighted by Gasteiger charge is 2.61. The van der Waals surface area contributed by atoms with Crippen LogP contribution in [0.2, 0.25) is 0 Å². The van der Waals surface area contributed by atoms with Crippen molar-refractivity contribution in [1.29, 1.82) is 0 Å². The first kappa shape index (κ1) is 22.7. The van der Waals surface area contributed by atoms with Gasteiger partial charge in [0.25, 0.3) is 0 Å². The van der Waals surface area contributed by atoms with Gasteiger partial charge in [-0.3, -0.25) is 9.78 Å². The zero-order valence-electron chi connectivity index (χ0n) is 19.6. The number of amides is 1. The third-order valence-corrected chi connectivity index (χ3v) is 6.98. The molecule has 34 heavy (non-hydrogen) atoms. The number of ether oxygens (including phenoxy) is 3. The molecule has 1 aliphatic heterocycles. The first-order valence-electron chi connectivity index (χ1n) is 12.0. The molecule has 0 unspecified atom stereocenters. The van der Waals surface area contributed by atoms with Gasteiger partial charge in [-0.05, 0) is 38.3 Å². The molecule has 180 valence electrons. The normalized spacial score (nSPS) is 27.8. The Morgan fingerprint density at radius 1 is 1.32 bits per heavy atom. The Balaban J connectivity index is 1.29. The van der Waals surface area contributed by atoms with Gasteiger partial charge in [-0.2, -0.15) is 0 Å². The summed E-state index contributed by atoms with van der Waals surface area (Å²) >= 11 is 0. The minimum atomic E-state index is -0.991. The molecule has 2 aromatic rings. The Morgan fingerprint density at radius 3 is 2.82 bits per heavy atom. The number of esters is 1. The zero-order chi connectivity index (χ0) is 23.9. The molecule has 0 bridgehead atoms. The minimum Gasteiger partial charge on any atom is -0.497 e. The summed E-state index contributed by atoms with van der Waals surface area (Å²) in [7, 11) is 1.64. The molecule has 0 spiro atoms. The van der Waals surface area contributed by atoms with Gasteiger partial charge >= 0.3 is 5.97 Å². The van der Waals surface area contributed by atoms with Crippen molar-refractivity contribution < 1.29 is 23.8 Å². The molecule has 1 amide bonds. The number of fused-ring (bicyclic) bond motifs is 1. The number of rotatable bonds is 9. The van der Waals surface area contributed by atoms with E-state index < -0.39 is 17.6 Å². The first-order chi connectivity index (χ1) is 16.5. The van der Waals surface area contributed by atoms with Gasteiger partial charge in [-0.25, -0.2) is 4.79 Å². The molecule has 8 nitrogen and oxygen atoms in total. The minimum absolute atomic E-state index is 0.107. The molecule has 4 atom stereocenters. The molecule has 8 heteroatoms. The van der Waals surface area contributed by atoms with Gasteiger partial charge < -0.3 is 24.8 Å². The second-order valence-electron chi connectivity index (χ2n) is 9.37. The number of methoxy groups -OCH3 is 1. The number of carbonyl (C=O) groups is 2. The number of carbonyl (C=O) groups excluding carboxylic acids is 2. The van der Waals surface area contributed by atoms with Crippen LogP contribution in [-0.2, 0) is 14.3 Å². The Morgan fingerprint density at radius 2 is 2.15 bits per heavy atom. The lowest BCUT2D eigenvalue weighted by atomic mass is 10.1.